The van der Waals surface area contributed by atoms with Crippen molar-refractivity contribution in [3.05, 3.63) is 59.9 Å². The molecule has 124 valence electrons. The van der Waals surface area contributed by atoms with Crippen LogP contribution in [0, 0.1) is 17.1 Å². The van der Waals surface area contributed by atoms with E-state index in [4.69, 9.17) is 10.00 Å². The number of sulfonamides is 1. The fourth-order valence-electron chi connectivity index (χ4n) is 2.66. The Balaban J connectivity index is 1.78. The molecule has 0 N–H and O–H groups in total. The van der Waals surface area contributed by atoms with Gasteiger partial charge in [-0.05, 0) is 30.7 Å². The maximum Gasteiger partial charge on any atom is 0.244 e. The molecule has 2 aromatic carbocycles. The summed E-state index contributed by atoms with van der Waals surface area (Å²) in [5.41, 5.74) is 0.107. The van der Waals surface area contributed by atoms with Gasteiger partial charge in [0, 0.05) is 6.54 Å². The van der Waals surface area contributed by atoms with Gasteiger partial charge in [-0.25, -0.2) is 12.8 Å². The summed E-state index contributed by atoms with van der Waals surface area (Å²) in [4.78, 5) is -0.0148. The van der Waals surface area contributed by atoms with Crippen LogP contribution in [0.3, 0.4) is 0 Å². The van der Waals surface area contributed by atoms with Gasteiger partial charge in [0.15, 0.2) is 11.6 Å². The van der Waals surface area contributed by atoms with Crippen molar-refractivity contribution in [3.8, 4) is 11.8 Å². The molecule has 0 spiro atoms. The Morgan fingerprint density at radius 2 is 1.88 bits per heavy atom. The Morgan fingerprint density at radius 1 is 1.17 bits per heavy atom. The van der Waals surface area contributed by atoms with Crippen LogP contribution in [-0.4, -0.2) is 31.9 Å². The van der Waals surface area contributed by atoms with Gasteiger partial charge in [0.2, 0.25) is 10.0 Å². The first kappa shape index (κ1) is 16.4. The predicted octanol–water partition coefficient (Wildman–Crippen LogP) is 2.54. The average molecular weight is 346 g/mol. The van der Waals surface area contributed by atoms with Crippen LogP contribution in [0.15, 0.2) is 53.4 Å². The van der Waals surface area contributed by atoms with Crippen LogP contribution < -0.4 is 4.74 Å². The topological polar surface area (TPSA) is 70.4 Å². The van der Waals surface area contributed by atoms with Gasteiger partial charge in [-0.2, -0.15) is 9.57 Å². The highest BCUT2D eigenvalue weighted by molar-refractivity contribution is 7.89. The van der Waals surface area contributed by atoms with Gasteiger partial charge in [-0.15, -0.1) is 0 Å². The minimum absolute atomic E-state index is 0.0148. The molecule has 0 aromatic heterocycles. The van der Waals surface area contributed by atoms with Crippen LogP contribution in [0.1, 0.15) is 12.0 Å². The van der Waals surface area contributed by atoms with E-state index in [0.717, 1.165) is 0 Å². The minimum Gasteiger partial charge on any atom is -0.486 e. The maximum absolute atomic E-state index is 13.6. The highest BCUT2D eigenvalue weighted by atomic mass is 32.2. The summed E-state index contributed by atoms with van der Waals surface area (Å²) in [6.07, 6.45) is 0.0355. The number of hydrogen-bond acceptors (Lipinski definition) is 4. The van der Waals surface area contributed by atoms with Crippen LogP contribution in [-0.2, 0) is 10.0 Å². The number of hydrogen-bond donors (Lipinski definition) is 0. The second kappa shape index (κ2) is 6.59. The van der Waals surface area contributed by atoms with Crippen molar-refractivity contribution in [2.24, 2.45) is 0 Å². The Bertz CT molecular complexity index is 893. The molecule has 0 amide bonds. The van der Waals surface area contributed by atoms with Crippen LogP contribution in [0.25, 0.3) is 0 Å². The number of halogens is 1. The predicted molar refractivity (Wildman–Crippen MR) is 85.3 cm³/mol. The normalized spacial score (nSPS) is 18.2. The number of rotatable bonds is 4. The largest absolute Gasteiger partial charge is 0.486 e. The van der Waals surface area contributed by atoms with Crippen LogP contribution in [0.5, 0.6) is 5.75 Å². The van der Waals surface area contributed by atoms with Gasteiger partial charge in [0.1, 0.15) is 12.2 Å². The van der Waals surface area contributed by atoms with E-state index in [1.807, 2.05) is 6.07 Å². The van der Waals surface area contributed by atoms with Gasteiger partial charge >= 0.3 is 0 Å². The van der Waals surface area contributed by atoms with E-state index < -0.39 is 21.9 Å². The standard InChI is InChI=1S/C17H15FN2O3S/c18-15-6-2-3-7-16(15)23-14-9-10-20(12-14)24(21,22)17-8-4-1-5-13(17)11-19/h1-8,14H,9-10,12H2. The molecular weight excluding hydrogens is 331 g/mol. The Morgan fingerprint density at radius 3 is 2.62 bits per heavy atom. The first-order chi connectivity index (χ1) is 11.5. The third kappa shape index (κ3) is 3.11. The molecular formula is C17H15FN2O3S. The van der Waals surface area contributed by atoms with E-state index in [1.54, 1.807) is 24.3 Å². The van der Waals surface area contributed by atoms with E-state index in [9.17, 15) is 12.8 Å². The average Bonchev–Trinajstić information content (AvgIpc) is 3.06. The van der Waals surface area contributed by atoms with Crippen molar-refractivity contribution in [3.63, 3.8) is 0 Å². The number of nitriles is 1. The highest BCUT2D eigenvalue weighted by Gasteiger charge is 2.35. The summed E-state index contributed by atoms with van der Waals surface area (Å²) in [5, 5.41) is 9.10. The maximum atomic E-state index is 13.6. The van der Waals surface area contributed by atoms with Crippen molar-refractivity contribution < 1.29 is 17.5 Å². The zero-order valence-corrected chi connectivity index (χ0v) is 13.5. The van der Waals surface area contributed by atoms with E-state index in [-0.39, 0.29) is 29.3 Å². The van der Waals surface area contributed by atoms with Crippen molar-refractivity contribution in [1.29, 1.82) is 5.26 Å². The number of ether oxygens (including phenoxy) is 1. The zero-order chi connectivity index (χ0) is 17.2. The molecule has 0 radical (unpaired) electrons. The van der Waals surface area contributed by atoms with Crippen LogP contribution in [0.2, 0.25) is 0 Å². The molecule has 1 fully saturated rings. The van der Waals surface area contributed by atoms with E-state index in [1.165, 1.54) is 28.6 Å². The Labute approximate surface area is 139 Å². The summed E-state index contributed by atoms with van der Waals surface area (Å²) >= 11 is 0. The lowest BCUT2D eigenvalue weighted by molar-refractivity contribution is 0.206. The minimum atomic E-state index is -3.78. The molecule has 1 atom stereocenters. The number of benzene rings is 2. The molecule has 0 aliphatic carbocycles. The highest BCUT2D eigenvalue weighted by Crippen LogP contribution is 2.26. The van der Waals surface area contributed by atoms with Gasteiger partial charge in [0.25, 0.3) is 0 Å². The molecule has 7 heteroatoms. The summed E-state index contributed by atoms with van der Waals surface area (Å²) < 4.78 is 45.9. The Hall–Kier alpha value is -2.43. The molecule has 0 bridgehead atoms. The van der Waals surface area contributed by atoms with E-state index >= 15 is 0 Å². The molecule has 24 heavy (non-hydrogen) atoms. The molecule has 1 saturated heterocycles. The van der Waals surface area contributed by atoms with Gasteiger partial charge in [0.05, 0.1) is 17.0 Å². The lowest BCUT2D eigenvalue weighted by atomic mass is 10.2. The number of para-hydroxylation sites is 1. The molecule has 3 rings (SSSR count). The summed E-state index contributed by atoms with van der Waals surface area (Å²) in [6.45, 7) is 0.387. The quantitative estimate of drug-likeness (QED) is 0.853. The lowest BCUT2D eigenvalue weighted by Crippen LogP contribution is -2.31. The first-order valence-corrected chi connectivity index (χ1v) is 8.87. The van der Waals surface area contributed by atoms with Crippen molar-refractivity contribution in [2.75, 3.05) is 13.1 Å². The van der Waals surface area contributed by atoms with E-state index in [0.29, 0.717) is 6.42 Å². The molecule has 0 saturated carbocycles. The number of nitrogens with zero attached hydrogens (tertiary/aromatic N) is 2. The lowest BCUT2D eigenvalue weighted by Gasteiger charge is -2.18. The zero-order valence-electron chi connectivity index (χ0n) is 12.7. The molecule has 1 heterocycles. The molecule has 2 aromatic rings. The fraction of sp³-hybridized carbons (Fsp3) is 0.235. The molecule has 1 aliphatic heterocycles. The van der Waals surface area contributed by atoms with Crippen molar-refractivity contribution in [2.45, 2.75) is 17.4 Å². The first-order valence-electron chi connectivity index (χ1n) is 7.43. The van der Waals surface area contributed by atoms with Crippen LogP contribution >= 0.6 is 0 Å². The summed E-state index contributed by atoms with van der Waals surface area (Å²) in [7, 11) is -3.78. The third-order valence-corrected chi connectivity index (χ3v) is 5.79. The van der Waals surface area contributed by atoms with Crippen molar-refractivity contribution >= 4 is 10.0 Å². The molecule has 5 nitrogen and oxygen atoms in total. The van der Waals surface area contributed by atoms with Gasteiger partial charge in [-0.1, -0.05) is 24.3 Å². The van der Waals surface area contributed by atoms with Crippen molar-refractivity contribution in [1.82, 2.24) is 4.31 Å². The van der Waals surface area contributed by atoms with Gasteiger partial charge < -0.3 is 4.74 Å². The monoisotopic (exact) mass is 346 g/mol. The summed E-state index contributed by atoms with van der Waals surface area (Å²) in [6, 6.07) is 14.0. The summed E-state index contributed by atoms with van der Waals surface area (Å²) in [5.74, 6) is -0.368. The second-order valence-corrected chi connectivity index (χ2v) is 7.34. The molecule has 1 aliphatic rings. The second-order valence-electron chi connectivity index (χ2n) is 5.43. The smallest absolute Gasteiger partial charge is 0.244 e. The fourth-order valence-corrected chi connectivity index (χ4v) is 4.28. The van der Waals surface area contributed by atoms with Gasteiger partial charge in [-0.3, -0.25) is 0 Å². The molecule has 1 unspecified atom stereocenters. The third-order valence-electron chi connectivity index (χ3n) is 3.86. The van der Waals surface area contributed by atoms with Crippen LogP contribution in [0.4, 0.5) is 4.39 Å². The SMILES string of the molecule is N#Cc1ccccc1S(=O)(=O)N1CCC(Oc2ccccc2F)C1. The Kier molecular flexibility index (Phi) is 4.51. The van der Waals surface area contributed by atoms with E-state index in [2.05, 4.69) is 0 Å².